The summed E-state index contributed by atoms with van der Waals surface area (Å²) in [5.74, 6) is -2.50. The third-order valence-electron chi connectivity index (χ3n) is 2.53. The number of halogens is 3. The molecule has 130 valence electrons. The molecule has 24 heavy (non-hydrogen) atoms. The number of amides is 1. The van der Waals surface area contributed by atoms with Gasteiger partial charge in [-0.05, 0) is 39.0 Å². The maximum Gasteiger partial charge on any atom is 0.470 e. The van der Waals surface area contributed by atoms with Crippen molar-refractivity contribution in [1.29, 1.82) is 0 Å². The number of aromatic nitrogens is 2. The van der Waals surface area contributed by atoms with E-state index in [1.807, 2.05) is 5.32 Å². The van der Waals surface area contributed by atoms with Crippen LogP contribution in [0.3, 0.4) is 0 Å². The fourth-order valence-electron chi connectivity index (χ4n) is 1.62. The number of benzene rings is 1. The number of carbonyl (C=O) groups is 1. The summed E-state index contributed by atoms with van der Waals surface area (Å²) in [6.07, 6.45) is -4.80. The highest BCUT2D eigenvalue weighted by Crippen LogP contribution is 2.31. The monoisotopic (exact) mass is 345 g/mol. The molecular formula is C14H14F3N3O4. The molecule has 0 spiro atoms. The molecule has 2 N–H and O–H groups in total. The average Bonchev–Trinajstić information content (AvgIpc) is 2.88. The molecule has 0 saturated carbocycles. The summed E-state index contributed by atoms with van der Waals surface area (Å²) < 4.78 is 46.9. The van der Waals surface area contributed by atoms with Crippen LogP contribution < -0.4 is 10.1 Å². The van der Waals surface area contributed by atoms with Crippen LogP contribution in [0.5, 0.6) is 11.5 Å². The first-order valence-corrected chi connectivity index (χ1v) is 6.70. The van der Waals surface area contributed by atoms with Gasteiger partial charge in [-0.15, -0.1) is 5.10 Å². The summed E-state index contributed by atoms with van der Waals surface area (Å²) in [4.78, 5) is 12.0. The number of aromatic hydroxyl groups is 1. The molecule has 0 saturated heterocycles. The van der Waals surface area contributed by atoms with Gasteiger partial charge in [0, 0.05) is 5.56 Å². The molecule has 0 atom stereocenters. The highest BCUT2D eigenvalue weighted by Gasteiger charge is 2.38. The number of anilines is 1. The molecule has 7 nitrogen and oxygen atoms in total. The van der Waals surface area contributed by atoms with Crippen molar-refractivity contribution in [1.82, 2.24) is 10.2 Å². The van der Waals surface area contributed by atoms with Gasteiger partial charge < -0.3 is 14.3 Å². The first-order chi connectivity index (χ1) is 11.0. The first-order valence-electron chi connectivity index (χ1n) is 6.70. The Kier molecular flexibility index (Phi) is 4.41. The highest BCUT2D eigenvalue weighted by atomic mass is 19.4. The molecule has 2 aromatic rings. The number of phenolic OH excluding ortho intramolecular Hbond substituents is 1. The van der Waals surface area contributed by atoms with E-state index in [0.29, 0.717) is 0 Å². The Bertz CT molecular complexity index is 750. The topological polar surface area (TPSA) is 97.5 Å². The van der Waals surface area contributed by atoms with Crippen molar-refractivity contribution in [2.75, 3.05) is 5.32 Å². The Labute approximate surface area is 134 Å². The van der Waals surface area contributed by atoms with E-state index >= 15 is 0 Å². The van der Waals surface area contributed by atoms with Crippen molar-refractivity contribution in [2.24, 2.45) is 0 Å². The van der Waals surface area contributed by atoms with Gasteiger partial charge in [-0.25, -0.2) is 0 Å². The predicted octanol–water partition coefficient (Wildman–Crippen LogP) is 3.22. The van der Waals surface area contributed by atoms with E-state index < -0.39 is 29.6 Å². The Morgan fingerprint density at radius 1 is 1.25 bits per heavy atom. The molecule has 0 aliphatic carbocycles. The Hall–Kier alpha value is -2.78. The summed E-state index contributed by atoms with van der Waals surface area (Å²) in [5.41, 5.74) is -0.598. The van der Waals surface area contributed by atoms with Gasteiger partial charge in [0.25, 0.3) is 5.91 Å². The lowest BCUT2D eigenvalue weighted by Crippen LogP contribution is -2.23. The zero-order valence-electron chi connectivity index (χ0n) is 12.9. The van der Waals surface area contributed by atoms with Crippen LogP contribution in [0.25, 0.3) is 0 Å². The lowest BCUT2D eigenvalue weighted by Gasteiger charge is -2.22. The highest BCUT2D eigenvalue weighted by molar-refractivity contribution is 6.03. The fraction of sp³-hybridized carbons (Fsp3) is 0.357. The zero-order chi connectivity index (χ0) is 18.1. The smallest absolute Gasteiger partial charge is 0.470 e. The number of nitrogens with one attached hydrogen (secondary N) is 1. The van der Waals surface area contributed by atoms with Crippen LogP contribution in [0.2, 0.25) is 0 Å². The van der Waals surface area contributed by atoms with Gasteiger partial charge in [-0.2, -0.15) is 13.2 Å². The minimum absolute atomic E-state index is 0.0267. The summed E-state index contributed by atoms with van der Waals surface area (Å²) >= 11 is 0. The van der Waals surface area contributed by atoms with Crippen molar-refractivity contribution < 1.29 is 32.2 Å². The molecule has 0 aliphatic heterocycles. The predicted molar refractivity (Wildman–Crippen MR) is 75.7 cm³/mol. The van der Waals surface area contributed by atoms with Crippen molar-refractivity contribution in [2.45, 2.75) is 32.5 Å². The van der Waals surface area contributed by atoms with Gasteiger partial charge in [0.05, 0.1) is 0 Å². The maximum atomic E-state index is 12.4. The zero-order valence-corrected chi connectivity index (χ0v) is 12.9. The Balaban J connectivity index is 2.18. The summed E-state index contributed by atoms with van der Waals surface area (Å²) in [5, 5.41) is 17.7. The lowest BCUT2D eigenvalue weighted by molar-refractivity contribution is -0.156. The quantitative estimate of drug-likeness (QED) is 0.886. The molecular weight excluding hydrogens is 331 g/mol. The van der Waals surface area contributed by atoms with Crippen molar-refractivity contribution in [3.8, 4) is 11.5 Å². The van der Waals surface area contributed by atoms with E-state index in [-0.39, 0.29) is 17.1 Å². The second-order valence-corrected chi connectivity index (χ2v) is 5.76. The molecule has 10 heteroatoms. The number of phenols is 1. The number of alkyl halides is 3. The van der Waals surface area contributed by atoms with E-state index in [9.17, 15) is 23.1 Å². The van der Waals surface area contributed by atoms with Gasteiger partial charge in [0.2, 0.25) is 0 Å². The lowest BCUT2D eigenvalue weighted by atomic mass is 10.1. The summed E-state index contributed by atoms with van der Waals surface area (Å²) in [6.45, 7) is 5.24. The molecule has 0 radical (unpaired) electrons. The number of nitrogens with zero attached hydrogens (tertiary/aromatic N) is 2. The molecule has 1 aromatic carbocycles. The van der Waals surface area contributed by atoms with E-state index in [1.54, 1.807) is 20.8 Å². The van der Waals surface area contributed by atoms with Crippen LogP contribution in [0.4, 0.5) is 19.2 Å². The van der Waals surface area contributed by atoms with Gasteiger partial charge >= 0.3 is 18.1 Å². The number of ether oxygens (including phenoxy) is 1. The number of carbonyl (C=O) groups excluding carboxylic acids is 1. The molecule has 0 fully saturated rings. The third-order valence-corrected chi connectivity index (χ3v) is 2.53. The molecule has 0 bridgehead atoms. The van der Waals surface area contributed by atoms with Crippen LogP contribution in [-0.4, -0.2) is 26.8 Å². The average molecular weight is 345 g/mol. The number of rotatable bonds is 3. The van der Waals surface area contributed by atoms with Crippen molar-refractivity contribution >= 4 is 11.9 Å². The minimum atomic E-state index is -4.80. The first kappa shape index (κ1) is 17.6. The second kappa shape index (κ2) is 6.02. The summed E-state index contributed by atoms with van der Waals surface area (Å²) in [7, 11) is 0. The Morgan fingerprint density at radius 3 is 2.46 bits per heavy atom. The van der Waals surface area contributed by atoms with E-state index in [0.717, 1.165) is 0 Å². The Morgan fingerprint density at radius 2 is 1.92 bits per heavy atom. The molecule has 0 unspecified atom stereocenters. The van der Waals surface area contributed by atoms with Gasteiger partial charge in [0.1, 0.15) is 5.60 Å². The van der Waals surface area contributed by atoms with Crippen LogP contribution in [0, 0.1) is 0 Å². The normalized spacial score (nSPS) is 12.1. The third kappa shape index (κ3) is 4.37. The molecule has 1 heterocycles. The number of hydrogen-bond donors (Lipinski definition) is 2. The van der Waals surface area contributed by atoms with Gasteiger partial charge in [-0.3, -0.25) is 10.1 Å². The fourth-order valence-corrected chi connectivity index (χ4v) is 1.62. The summed E-state index contributed by atoms with van der Waals surface area (Å²) in [6, 6.07) is 3.04. The minimum Gasteiger partial charge on any atom is -0.504 e. The van der Waals surface area contributed by atoms with Crippen LogP contribution in [-0.2, 0) is 6.18 Å². The van der Waals surface area contributed by atoms with Crippen molar-refractivity contribution in [3.63, 3.8) is 0 Å². The second-order valence-electron chi connectivity index (χ2n) is 5.76. The molecule has 2 rings (SSSR count). The van der Waals surface area contributed by atoms with Gasteiger partial charge in [-0.1, -0.05) is 5.10 Å². The molecule has 1 aromatic heterocycles. The van der Waals surface area contributed by atoms with E-state index in [2.05, 4.69) is 14.6 Å². The maximum absolute atomic E-state index is 12.4. The van der Waals surface area contributed by atoms with Crippen LogP contribution >= 0.6 is 0 Å². The number of hydrogen-bond acceptors (Lipinski definition) is 6. The van der Waals surface area contributed by atoms with Crippen molar-refractivity contribution in [3.05, 3.63) is 29.7 Å². The van der Waals surface area contributed by atoms with E-state index in [1.165, 1.54) is 18.2 Å². The largest absolute Gasteiger partial charge is 0.504 e. The van der Waals surface area contributed by atoms with Crippen LogP contribution in [0.15, 0.2) is 22.6 Å². The SMILES string of the molecule is CC(C)(C)Oc1cc(C(=O)Nc2nnc(C(F)(F)F)o2)ccc1O. The van der Waals surface area contributed by atoms with Crippen LogP contribution in [0.1, 0.15) is 37.0 Å². The molecule has 1 amide bonds. The van der Waals surface area contributed by atoms with E-state index in [4.69, 9.17) is 4.74 Å². The standard InChI is InChI=1S/C14H14F3N3O4/c1-13(2,3)24-9-6-7(4-5-8(9)21)10(22)18-12-20-19-11(23-12)14(15,16)17/h4-6,21H,1-3H3,(H,18,20,22). The van der Waals surface area contributed by atoms with Gasteiger partial charge in [0.15, 0.2) is 11.5 Å². The molecule has 0 aliphatic rings.